The molecule has 27 heavy (non-hydrogen) atoms. The zero-order valence-electron chi connectivity index (χ0n) is 17.2. The summed E-state index contributed by atoms with van der Waals surface area (Å²) in [4.78, 5) is 24.8. The molecule has 1 heterocycles. The van der Waals surface area contributed by atoms with Crippen molar-refractivity contribution in [3.8, 4) is 0 Å². The number of ketones is 1. The summed E-state index contributed by atoms with van der Waals surface area (Å²) < 4.78 is 7.14. The minimum absolute atomic E-state index is 0.0346. The van der Waals surface area contributed by atoms with Gasteiger partial charge in [-0.1, -0.05) is 45.9 Å². The summed E-state index contributed by atoms with van der Waals surface area (Å²) in [7, 11) is 0. The molecule has 0 atom stereocenters. The van der Waals surface area contributed by atoms with Gasteiger partial charge in [0.15, 0.2) is 5.78 Å². The van der Waals surface area contributed by atoms with Gasteiger partial charge in [0.25, 0.3) is 0 Å². The molecule has 4 nitrogen and oxygen atoms in total. The number of ether oxygens (including phenoxy) is 1. The summed E-state index contributed by atoms with van der Waals surface area (Å²) in [5, 5.41) is 1.03. The molecule has 0 unspecified atom stereocenters. The molecule has 1 aliphatic rings. The van der Waals surface area contributed by atoms with E-state index in [9.17, 15) is 9.59 Å². The number of hydrogen-bond acceptors (Lipinski definition) is 3. The lowest BCUT2D eigenvalue weighted by Gasteiger charge is -2.05. The van der Waals surface area contributed by atoms with Crippen molar-refractivity contribution in [3.63, 3.8) is 0 Å². The molecular formula is C23H31NO3. The molecular weight excluding hydrogens is 338 g/mol. The third kappa shape index (κ3) is 3.42. The lowest BCUT2D eigenvalue weighted by Crippen LogP contribution is -2.07. The molecule has 0 N–H and O–H groups in total. The number of aryl methyl sites for hydroxylation is 1. The summed E-state index contributed by atoms with van der Waals surface area (Å²) >= 11 is 0. The van der Waals surface area contributed by atoms with E-state index in [0.717, 1.165) is 35.9 Å². The first-order valence-electron chi connectivity index (χ1n) is 9.99. The molecule has 0 radical (unpaired) electrons. The number of esters is 1. The first kappa shape index (κ1) is 19.7. The largest absolute Gasteiger partial charge is 0.466 e. The van der Waals surface area contributed by atoms with Gasteiger partial charge in [0.2, 0.25) is 0 Å². The molecule has 3 rings (SSSR count). The Morgan fingerprint density at radius 2 is 1.74 bits per heavy atom. The second kappa shape index (κ2) is 7.14. The number of carbonyl (C=O) groups excluding carboxylic acids is 2. The van der Waals surface area contributed by atoms with Crippen LogP contribution in [-0.2, 0) is 16.1 Å². The van der Waals surface area contributed by atoms with E-state index in [0.29, 0.717) is 13.0 Å². The SMILES string of the molecule is CCOC(=O)CCCCn1cc(C(=O)C2C(C)(C)C2(C)C)c2ccccc21. The van der Waals surface area contributed by atoms with Crippen molar-refractivity contribution >= 4 is 22.7 Å². The highest BCUT2D eigenvalue weighted by Crippen LogP contribution is 2.69. The fraction of sp³-hybridized carbons (Fsp3) is 0.565. The summed E-state index contributed by atoms with van der Waals surface area (Å²) in [5.41, 5.74) is 1.99. The standard InChI is InChI=1S/C23H31NO3/c1-6-27-19(25)13-9-10-14-24-15-17(16-11-7-8-12-18(16)24)20(26)21-22(2,3)23(21,4)5/h7-8,11-12,15,21H,6,9-10,13-14H2,1-5H3. The van der Waals surface area contributed by atoms with Gasteiger partial charge in [-0.05, 0) is 36.7 Å². The van der Waals surface area contributed by atoms with Crippen LogP contribution in [0.3, 0.4) is 0 Å². The average Bonchev–Trinajstić information content (AvgIpc) is 2.90. The van der Waals surface area contributed by atoms with Gasteiger partial charge in [-0.3, -0.25) is 9.59 Å². The van der Waals surface area contributed by atoms with Crippen molar-refractivity contribution in [1.82, 2.24) is 4.57 Å². The lowest BCUT2D eigenvalue weighted by atomic mass is 10.0. The van der Waals surface area contributed by atoms with Gasteiger partial charge in [0.05, 0.1) is 6.61 Å². The molecule has 0 spiro atoms. The van der Waals surface area contributed by atoms with Crippen LogP contribution < -0.4 is 0 Å². The molecule has 0 aliphatic heterocycles. The summed E-state index contributed by atoms with van der Waals surface area (Å²) in [5.74, 6) is 0.184. The Bertz CT molecular complexity index is 846. The van der Waals surface area contributed by atoms with Gasteiger partial charge in [0, 0.05) is 41.5 Å². The molecule has 2 aromatic rings. The monoisotopic (exact) mass is 369 g/mol. The van der Waals surface area contributed by atoms with Crippen molar-refractivity contribution in [2.24, 2.45) is 16.7 Å². The molecule has 1 aliphatic carbocycles. The van der Waals surface area contributed by atoms with Crippen LogP contribution in [0.1, 0.15) is 64.2 Å². The van der Waals surface area contributed by atoms with E-state index in [-0.39, 0.29) is 28.5 Å². The highest BCUT2D eigenvalue weighted by atomic mass is 16.5. The lowest BCUT2D eigenvalue weighted by molar-refractivity contribution is -0.143. The minimum atomic E-state index is -0.135. The van der Waals surface area contributed by atoms with Gasteiger partial charge >= 0.3 is 5.97 Å². The predicted octanol–water partition coefficient (Wildman–Crippen LogP) is 5.24. The van der Waals surface area contributed by atoms with Crippen molar-refractivity contribution in [1.29, 1.82) is 0 Å². The fourth-order valence-electron chi connectivity index (χ4n) is 4.42. The Morgan fingerprint density at radius 3 is 2.37 bits per heavy atom. The highest BCUT2D eigenvalue weighted by molar-refractivity contribution is 6.11. The third-order valence-electron chi connectivity index (χ3n) is 6.67. The Balaban J connectivity index is 1.77. The first-order valence-corrected chi connectivity index (χ1v) is 9.99. The quantitative estimate of drug-likeness (QED) is 0.363. The molecule has 1 aromatic carbocycles. The smallest absolute Gasteiger partial charge is 0.305 e. The van der Waals surface area contributed by atoms with Crippen LogP contribution in [0.15, 0.2) is 30.5 Å². The van der Waals surface area contributed by atoms with Crippen molar-refractivity contribution in [2.75, 3.05) is 6.61 Å². The van der Waals surface area contributed by atoms with E-state index >= 15 is 0 Å². The molecule has 0 bridgehead atoms. The van der Waals surface area contributed by atoms with Gasteiger partial charge in [0.1, 0.15) is 0 Å². The van der Waals surface area contributed by atoms with Gasteiger partial charge in [-0.2, -0.15) is 0 Å². The Labute approximate surface area is 161 Å². The maximum atomic E-state index is 13.3. The van der Waals surface area contributed by atoms with E-state index in [1.807, 2.05) is 31.3 Å². The van der Waals surface area contributed by atoms with Crippen molar-refractivity contribution < 1.29 is 14.3 Å². The Kier molecular flexibility index (Phi) is 5.20. The second-order valence-corrected chi connectivity index (χ2v) is 8.76. The number of para-hydroxylation sites is 1. The summed E-state index contributed by atoms with van der Waals surface area (Å²) in [6, 6.07) is 8.12. The van der Waals surface area contributed by atoms with Crippen LogP contribution in [0.2, 0.25) is 0 Å². The molecule has 1 saturated carbocycles. The number of fused-ring (bicyclic) bond motifs is 1. The van der Waals surface area contributed by atoms with Crippen LogP contribution in [-0.4, -0.2) is 22.9 Å². The molecule has 4 heteroatoms. The first-order chi connectivity index (χ1) is 12.7. The number of Topliss-reactive ketones (excluding diaryl/α,β-unsaturated/α-hetero) is 1. The van der Waals surface area contributed by atoms with Gasteiger partial charge in [-0.25, -0.2) is 0 Å². The molecule has 0 amide bonds. The summed E-state index contributed by atoms with van der Waals surface area (Å²) in [6.45, 7) is 11.8. The maximum Gasteiger partial charge on any atom is 0.305 e. The summed E-state index contributed by atoms with van der Waals surface area (Å²) in [6.07, 6.45) is 4.13. The number of carbonyl (C=O) groups is 2. The zero-order chi connectivity index (χ0) is 19.8. The third-order valence-corrected chi connectivity index (χ3v) is 6.67. The number of hydrogen-bond donors (Lipinski definition) is 0. The Hall–Kier alpha value is -2.10. The number of benzene rings is 1. The van der Waals surface area contributed by atoms with Crippen LogP contribution in [0.5, 0.6) is 0 Å². The normalized spacial score (nSPS) is 17.8. The van der Waals surface area contributed by atoms with E-state index in [4.69, 9.17) is 4.74 Å². The minimum Gasteiger partial charge on any atom is -0.466 e. The molecule has 146 valence electrons. The number of unbranched alkanes of at least 4 members (excludes halogenated alkanes) is 1. The van der Waals surface area contributed by atoms with Crippen LogP contribution >= 0.6 is 0 Å². The van der Waals surface area contributed by atoms with Gasteiger partial charge < -0.3 is 9.30 Å². The van der Waals surface area contributed by atoms with Crippen molar-refractivity contribution in [3.05, 3.63) is 36.0 Å². The topological polar surface area (TPSA) is 48.3 Å². The van der Waals surface area contributed by atoms with Crippen LogP contribution in [0.4, 0.5) is 0 Å². The highest BCUT2D eigenvalue weighted by Gasteiger charge is 2.68. The van der Waals surface area contributed by atoms with Crippen molar-refractivity contribution in [2.45, 2.75) is 60.4 Å². The van der Waals surface area contributed by atoms with E-state index in [1.165, 1.54) is 0 Å². The predicted molar refractivity (Wildman–Crippen MR) is 108 cm³/mol. The number of nitrogens with zero attached hydrogens (tertiary/aromatic N) is 1. The second-order valence-electron chi connectivity index (χ2n) is 8.76. The molecule has 1 aromatic heterocycles. The average molecular weight is 370 g/mol. The number of aromatic nitrogens is 1. The van der Waals surface area contributed by atoms with E-state index < -0.39 is 0 Å². The van der Waals surface area contributed by atoms with E-state index in [1.54, 1.807) is 0 Å². The Morgan fingerprint density at radius 1 is 1.07 bits per heavy atom. The zero-order valence-corrected chi connectivity index (χ0v) is 17.2. The van der Waals surface area contributed by atoms with Crippen LogP contribution in [0.25, 0.3) is 10.9 Å². The number of rotatable bonds is 8. The molecule has 1 fully saturated rings. The van der Waals surface area contributed by atoms with Crippen LogP contribution in [0, 0.1) is 16.7 Å². The van der Waals surface area contributed by atoms with E-state index in [2.05, 4.69) is 38.3 Å². The fourth-order valence-corrected chi connectivity index (χ4v) is 4.42. The van der Waals surface area contributed by atoms with Gasteiger partial charge in [-0.15, -0.1) is 0 Å². The maximum absolute atomic E-state index is 13.3. The molecule has 0 saturated heterocycles.